The molecule has 0 saturated heterocycles. The molecule has 0 unspecified atom stereocenters. The SMILES string of the molecule is COc1cc2c(cc1OC)C(CCc1ccc(C(C)(C)C)cc1)=[N+](Cc1ccc(C(F)(F)F)cc1)CC2.[Br-]. The van der Waals surface area contributed by atoms with Gasteiger partial charge in [0.25, 0.3) is 0 Å². The van der Waals surface area contributed by atoms with Crippen molar-refractivity contribution in [3.63, 3.8) is 0 Å². The van der Waals surface area contributed by atoms with Gasteiger partial charge < -0.3 is 26.5 Å². The lowest BCUT2D eigenvalue weighted by Gasteiger charge is -2.21. The zero-order chi connectivity index (χ0) is 26.8. The number of hydrogen-bond donors (Lipinski definition) is 0. The number of hydrogen-bond acceptors (Lipinski definition) is 2. The third kappa shape index (κ3) is 6.79. The fourth-order valence-corrected chi connectivity index (χ4v) is 4.88. The van der Waals surface area contributed by atoms with E-state index in [1.165, 1.54) is 22.4 Å². The molecule has 38 heavy (non-hydrogen) atoms. The fraction of sp³-hybridized carbons (Fsp3) is 0.387. The van der Waals surface area contributed by atoms with Gasteiger partial charge in [-0.05, 0) is 52.8 Å². The van der Waals surface area contributed by atoms with Gasteiger partial charge in [-0.2, -0.15) is 13.2 Å². The maximum absolute atomic E-state index is 13.1. The van der Waals surface area contributed by atoms with Crippen molar-refractivity contribution in [3.8, 4) is 11.5 Å². The Morgan fingerprint density at radius 1 is 0.763 bits per heavy atom. The second-order valence-electron chi connectivity index (χ2n) is 10.6. The molecule has 0 N–H and O–H groups in total. The average Bonchev–Trinajstić information content (AvgIpc) is 2.86. The summed E-state index contributed by atoms with van der Waals surface area (Å²) in [6.45, 7) is 7.94. The van der Waals surface area contributed by atoms with Crippen LogP contribution in [-0.2, 0) is 31.0 Å². The van der Waals surface area contributed by atoms with Crippen LogP contribution in [0.25, 0.3) is 0 Å². The molecule has 204 valence electrons. The first-order valence-corrected chi connectivity index (χ1v) is 12.6. The smallest absolute Gasteiger partial charge is 0.416 e. The quantitative estimate of drug-likeness (QED) is 0.385. The van der Waals surface area contributed by atoms with Crippen molar-refractivity contribution in [3.05, 3.63) is 94.0 Å². The summed E-state index contributed by atoms with van der Waals surface area (Å²) in [5, 5.41) is 0. The summed E-state index contributed by atoms with van der Waals surface area (Å²) < 4.78 is 52.6. The zero-order valence-corrected chi connectivity index (χ0v) is 24.2. The molecule has 0 atom stereocenters. The van der Waals surface area contributed by atoms with Crippen LogP contribution in [0.15, 0.2) is 60.7 Å². The van der Waals surface area contributed by atoms with Crippen molar-refractivity contribution in [2.75, 3.05) is 20.8 Å². The van der Waals surface area contributed by atoms with Gasteiger partial charge in [0.1, 0.15) is 6.54 Å². The maximum Gasteiger partial charge on any atom is 0.416 e. The topological polar surface area (TPSA) is 21.5 Å². The molecule has 0 aliphatic carbocycles. The molecule has 0 bridgehead atoms. The van der Waals surface area contributed by atoms with Gasteiger partial charge in [-0.25, -0.2) is 4.58 Å². The van der Waals surface area contributed by atoms with Gasteiger partial charge in [-0.15, -0.1) is 0 Å². The van der Waals surface area contributed by atoms with E-state index in [0.29, 0.717) is 18.0 Å². The van der Waals surface area contributed by atoms with Gasteiger partial charge in [-0.1, -0.05) is 57.2 Å². The lowest BCUT2D eigenvalue weighted by molar-refractivity contribution is -0.545. The molecule has 0 spiro atoms. The largest absolute Gasteiger partial charge is 1.00 e. The van der Waals surface area contributed by atoms with E-state index in [4.69, 9.17) is 9.47 Å². The summed E-state index contributed by atoms with van der Waals surface area (Å²) in [7, 11) is 3.26. The lowest BCUT2D eigenvalue weighted by atomic mass is 9.86. The number of benzene rings is 3. The molecule has 0 amide bonds. The zero-order valence-electron chi connectivity index (χ0n) is 22.6. The number of methoxy groups -OCH3 is 2. The summed E-state index contributed by atoms with van der Waals surface area (Å²) in [6.07, 6.45) is -1.85. The van der Waals surface area contributed by atoms with Crippen molar-refractivity contribution in [1.29, 1.82) is 0 Å². The summed E-state index contributed by atoms with van der Waals surface area (Å²) >= 11 is 0. The van der Waals surface area contributed by atoms with Crippen LogP contribution in [0, 0.1) is 0 Å². The Morgan fingerprint density at radius 2 is 1.32 bits per heavy atom. The van der Waals surface area contributed by atoms with Crippen molar-refractivity contribution in [2.24, 2.45) is 0 Å². The van der Waals surface area contributed by atoms with E-state index >= 15 is 0 Å². The number of ether oxygens (including phenoxy) is 2. The highest BCUT2D eigenvalue weighted by Gasteiger charge is 2.31. The minimum absolute atomic E-state index is 0. The lowest BCUT2D eigenvalue weighted by Crippen LogP contribution is -3.00. The van der Waals surface area contributed by atoms with Gasteiger partial charge in [0.05, 0.1) is 19.8 Å². The molecule has 7 heteroatoms. The van der Waals surface area contributed by atoms with Crippen LogP contribution in [0.4, 0.5) is 13.2 Å². The molecule has 0 aromatic heterocycles. The molecule has 3 aromatic rings. The molecular weight excluding hydrogens is 555 g/mol. The van der Waals surface area contributed by atoms with Gasteiger partial charge >= 0.3 is 6.18 Å². The van der Waals surface area contributed by atoms with Crippen molar-refractivity contribution in [2.45, 2.75) is 58.2 Å². The van der Waals surface area contributed by atoms with Crippen LogP contribution in [0.2, 0.25) is 0 Å². The first-order valence-electron chi connectivity index (χ1n) is 12.6. The van der Waals surface area contributed by atoms with Crippen LogP contribution in [0.3, 0.4) is 0 Å². The molecule has 0 saturated carbocycles. The van der Waals surface area contributed by atoms with Crippen molar-refractivity contribution in [1.82, 2.24) is 0 Å². The minimum atomic E-state index is -4.34. The monoisotopic (exact) mass is 589 g/mol. The van der Waals surface area contributed by atoms with E-state index in [1.54, 1.807) is 26.4 Å². The molecule has 3 aromatic carbocycles. The van der Waals surface area contributed by atoms with E-state index in [2.05, 4.69) is 49.6 Å². The highest BCUT2D eigenvalue weighted by atomic mass is 79.9. The maximum atomic E-state index is 13.1. The standard InChI is InChI=1S/C31H35F3NO2.BrH/c1-30(2,3)24-11-6-21(7-12-24)10-15-27-26-19-29(37-5)28(36-4)18-23(26)16-17-35(27)20-22-8-13-25(14-9-22)31(32,33)34;/h6-9,11-14,18-19H,10,15-17,20H2,1-5H3;1H/q+1;/p-1. The van der Waals surface area contributed by atoms with E-state index in [0.717, 1.165) is 49.1 Å². The Labute approximate surface area is 234 Å². The molecule has 0 fully saturated rings. The average molecular weight is 591 g/mol. The first kappa shape index (κ1) is 29.8. The van der Waals surface area contributed by atoms with Gasteiger partial charge in [0, 0.05) is 24.0 Å². The van der Waals surface area contributed by atoms with E-state index in [1.807, 2.05) is 12.1 Å². The predicted octanol–water partition coefficient (Wildman–Crippen LogP) is 4.21. The van der Waals surface area contributed by atoms with Gasteiger partial charge in [0.2, 0.25) is 0 Å². The highest BCUT2D eigenvalue weighted by molar-refractivity contribution is 5.99. The van der Waals surface area contributed by atoms with E-state index < -0.39 is 11.7 Å². The van der Waals surface area contributed by atoms with Crippen LogP contribution in [0.1, 0.15) is 60.6 Å². The molecular formula is C31H35BrF3NO2. The molecule has 3 nitrogen and oxygen atoms in total. The molecule has 4 rings (SSSR count). The Balaban J connectivity index is 0.00000400. The second kappa shape index (κ2) is 11.9. The van der Waals surface area contributed by atoms with E-state index in [9.17, 15) is 13.2 Å². The van der Waals surface area contributed by atoms with Crippen molar-refractivity contribution < 1.29 is 44.2 Å². The number of fused-ring (bicyclic) bond motifs is 1. The van der Waals surface area contributed by atoms with E-state index in [-0.39, 0.29) is 22.4 Å². The summed E-state index contributed by atoms with van der Waals surface area (Å²) in [5.74, 6) is 1.37. The predicted molar refractivity (Wildman–Crippen MR) is 141 cm³/mol. The summed E-state index contributed by atoms with van der Waals surface area (Å²) in [6, 6.07) is 18.3. The second-order valence-corrected chi connectivity index (χ2v) is 10.6. The normalized spacial score (nSPS) is 13.6. The van der Waals surface area contributed by atoms with Crippen LogP contribution >= 0.6 is 0 Å². The number of aryl methyl sites for hydroxylation is 1. The van der Waals surface area contributed by atoms with Gasteiger partial charge in [0.15, 0.2) is 23.8 Å². The Bertz CT molecular complexity index is 1270. The molecule has 0 radical (unpaired) electrons. The Kier molecular flexibility index (Phi) is 9.34. The molecule has 1 aliphatic rings. The summed E-state index contributed by atoms with van der Waals surface area (Å²) in [4.78, 5) is 0. The molecule has 1 aliphatic heterocycles. The van der Waals surface area contributed by atoms with Crippen LogP contribution in [0.5, 0.6) is 11.5 Å². The third-order valence-corrected chi connectivity index (χ3v) is 7.08. The highest BCUT2D eigenvalue weighted by Crippen LogP contribution is 2.34. The third-order valence-electron chi connectivity index (χ3n) is 7.08. The Hall–Kier alpha value is -2.80. The minimum Gasteiger partial charge on any atom is -1.00 e. The van der Waals surface area contributed by atoms with Crippen LogP contribution in [-0.4, -0.2) is 31.1 Å². The first-order chi connectivity index (χ1) is 17.5. The number of rotatable bonds is 7. The fourth-order valence-electron chi connectivity index (χ4n) is 4.88. The number of nitrogens with zero attached hydrogens (tertiary/aromatic N) is 1. The van der Waals surface area contributed by atoms with Crippen LogP contribution < -0.4 is 26.5 Å². The summed E-state index contributed by atoms with van der Waals surface area (Å²) in [5.41, 5.74) is 6.35. The molecule has 1 heterocycles. The number of alkyl halides is 3. The van der Waals surface area contributed by atoms with Crippen molar-refractivity contribution >= 4 is 5.71 Å². The number of halogens is 4. The Morgan fingerprint density at radius 3 is 1.87 bits per heavy atom. The van der Waals surface area contributed by atoms with Gasteiger partial charge in [-0.3, -0.25) is 0 Å².